The van der Waals surface area contributed by atoms with Crippen molar-refractivity contribution < 1.29 is 19.1 Å². The standard InChI is InChI=1S/C18H24N2O4/c21-17(8-9-19-18(22)13-4-2-1-3-5-13)20-14-6-7-15-16(12-14)24-11-10-23-15/h6-7,12-13H,1-5,8-11H2,(H,19,22)(H,20,21). The van der Waals surface area contributed by atoms with Crippen LogP contribution in [0.2, 0.25) is 0 Å². The number of carbonyl (C=O) groups excluding carboxylic acids is 2. The predicted molar refractivity (Wildman–Crippen MR) is 90.3 cm³/mol. The number of amides is 2. The molecule has 0 bridgehead atoms. The summed E-state index contributed by atoms with van der Waals surface area (Å²) in [5.41, 5.74) is 0.669. The smallest absolute Gasteiger partial charge is 0.226 e. The largest absolute Gasteiger partial charge is 0.486 e. The van der Waals surface area contributed by atoms with Gasteiger partial charge in [-0.05, 0) is 25.0 Å². The van der Waals surface area contributed by atoms with Crippen LogP contribution < -0.4 is 20.1 Å². The molecule has 6 heteroatoms. The Balaban J connectivity index is 1.41. The Morgan fingerprint density at radius 3 is 2.58 bits per heavy atom. The molecule has 3 rings (SSSR count). The third-order valence-corrected chi connectivity index (χ3v) is 4.45. The first kappa shape index (κ1) is 16.6. The molecular formula is C18H24N2O4. The Labute approximate surface area is 141 Å². The van der Waals surface area contributed by atoms with Crippen LogP contribution in [0.1, 0.15) is 38.5 Å². The molecule has 1 aromatic rings. The van der Waals surface area contributed by atoms with E-state index in [0.29, 0.717) is 36.9 Å². The monoisotopic (exact) mass is 332 g/mol. The molecular weight excluding hydrogens is 308 g/mol. The zero-order chi connectivity index (χ0) is 16.8. The van der Waals surface area contributed by atoms with Gasteiger partial charge in [0, 0.05) is 30.6 Å². The average molecular weight is 332 g/mol. The third-order valence-electron chi connectivity index (χ3n) is 4.45. The van der Waals surface area contributed by atoms with Crippen molar-refractivity contribution in [3.8, 4) is 11.5 Å². The number of hydrogen-bond acceptors (Lipinski definition) is 4. The number of carbonyl (C=O) groups is 2. The van der Waals surface area contributed by atoms with Gasteiger partial charge in [0.15, 0.2) is 11.5 Å². The quantitative estimate of drug-likeness (QED) is 0.868. The molecule has 1 fully saturated rings. The van der Waals surface area contributed by atoms with Gasteiger partial charge in [-0.15, -0.1) is 0 Å². The molecule has 0 spiro atoms. The van der Waals surface area contributed by atoms with Crippen molar-refractivity contribution in [1.29, 1.82) is 0 Å². The van der Waals surface area contributed by atoms with E-state index in [1.807, 2.05) is 0 Å². The summed E-state index contributed by atoms with van der Waals surface area (Å²) in [5, 5.41) is 5.69. The van der Waals surface area contributed by atoms with E-state index in [4.69, 9.17) is 9.47 Å². The lowest BCUT2D eigenvalue weighted by Crippen LogP contribution is -2.34. The summed E-state index contributed by atoms with van der Waals surface area (Å²) < 4.78 is 10.9. The fraction of sp³-hybridized carbons (Fsp3) is 0.556. The van der Waals surface area contributed by atoms with Crippen molar-refractivity contribution in [2.45, 2.75) is 38.5 Å². The van der Waals surface area contributed by atoms with Gasteiger partial charge in [0.25, 0.3) is 0 Å². The number of ether oxygens (including phenoxy) is 2. The maximum atomic E-state index is 12.0. The Bertz CT molecular complexity index is 597. The van der Waals surface area contributed by atoms with E-state index in [2.05, 4.69) is 10.6 Å². The van der Waals surface area contributed by atoms with E-state index >= 15 is 0 Å². The first-order valence-corrected chi connectivity index (χ1v) is 8.69. The molecule has 0 unspecified atom stereocenters. The Morgan fingerprint density at radius 1 is 1.04 bits per heavy atom. The van der Waals surface area contributed by atoms with Crippen LogP contribution in [0.4, 0.5) is 5.69 Å². The molecule has 0 atom stereocenters. The maximum absolute atomic E-state index is 12.0. The highest BCUT2D eigenvalue weighted by Gasteiger charge is 2.20. The van der Waals surface area contributed by atoms with Crippen LogP contribution in [0.15, 0.2) is 18.2 Å². The highest BCUT2D eigenvalue weighted by Crippen LogP contribution is 2.32. The molecule has 1 aromatic carbocycles. The maximum Gasteiger partial charge on any atom is 0.226 e. The summed E-state index contributed by atoms with van der Waals surface area (Å²) in [7, 11) is 0. The summed E-state index contributed by atoms with van der Waals surface area (Å²) in [6, 6.07) is 5.33. The van der Waals surface area contributed by atoms with Crippen LogP contribution in [-0.2, 0) is 9.59 Å². The number of benzene rings is 1. The van der Waals surface area contributed by atoms with Gasteiger partial charge < -0.3 is 20.1 Å². The zero-order valence-electron chi connectivity index (χ0n) is 13.8. The minimum absolute atomic E-state index is 0.0850. The molecule has 2 N–H and O–H groups in total. The minimum atomic E-state index is -0.129. The van der Waals surface area contributed by atoms with Gasteiger partial charge in [0.1, 0.15) is 13.2 Å². The Morgan fingerprint density at radius 2 is 1.79 bits per heavy atom. The topological polar surface area (TPSA) is 76.7 Å². The third kappa shape index (κ3) is 4.40. The summed E-state index contributed by atoms with van der Waals surface area (Å²) in [6.45, 7) is 1.42. The number of fused-ring (bicyclic) bond motifs is 1. The number of rotatable bonds is 5. The normalized spacial score (nSPS) is 17.2. The molecule has 130 valence electrons. The molecule has 1 saturated carbocycles. The van der Waals surface area contributed by atoms with Crippen molar-refractivity contribution in [3.05, 3.63) is 18.2 Å². The SMILES string of the molecule is O=C(CCNC(=O)C1CCCCC1)Nc1ccc2c(c1)OCCO2. The molecule has 1 heterocycles. The highest BCUT2D eigenvalue weighted by atomic mass is 16.6. The lowest BCUT2D eigenvalue weighted by atomic mass is 9.89. The van der Waals surface area contributed by atoms with Crippen LogP contribution in [0.25, 0.3) is 0 Å². The van der Waals surface area contributed by atoms with Gasteiger partial charge in [0.05, 0.1) is 0 Å². The summed E-state index contributed by atoms with van der Waals surface area (Å²) in [5.74, 6) is 1.42. The second kappa shape index (κ2) is 8.04. The van der Waals surface area contributed by atoms with Crippen molar-refractivity contribution in [2.75, 3.05) is 25.1 Å². The number of anilines is 1. The van der Waals surface area contributed by atoms with Crippen LogP contribution >= 0.6 is 0 Å². The van der Waals surface area contributed by atoms with Gasteiger partial charge in [-0.25, -0.2) is 0 Å². The molecule has 1 aliphatic heterocycles. The van der Waals surface area contributed by atoms with Crippen LogP contribution in [0.5, 0.6) is 11.5 Å². The number of hydrogen-bond donors (Lipinski definition) is 2. The summed E-state index contributed by atoms with van der Waals surface area (Å²) in [6.07, 6.45) is 5.67. The second-order valence-corrected chi connectivity index (χ2v) is 6.28. The molecule has 2 amide bonds. The van der Waals surface area contributed by atoms with E-state index in [9.17, 15) is 9.59 Å². The second-order valence-electron chi connectivity index (χ2n) is 6.28. The lowest BCUT2D eigenvalue weighted by Gasteiger charge is -2.20. The summed E-state index contributed by atoms with van der Waals surface area (Å²) >= 11 is 0. The number of nitrogens with one attached hydrogen (secondary N) is 2. The van der Waals surface area contributed by atoms with E-state index < -0.39 is 0 Å². The first-order valence-electron chi connectivity index (χ1n) is 8.69. The molecule has 1 aliphatic carbocycles. The van der Waals surface area contributed by atoms with Gasteiger partial charge in [-0.3, -0.25) is 9.59 Å². The molecule has 0 saturated heterocycles. The van der Waals surface area contributed by atoms with Crippen molar-refractivity contribution in [3.63, 3.8) is 0 Å². The van der Waals surface area contributed by atoms with E-state index in [0.717, 1.165) is 25.7 Å². The first-order chi connectivity index (χ1) is 11.7. The van der Waals surface area contributed by atoms with Crippen molar-refractivity contribution in [2.24, 2.45) is 5.92 Å². The Hall–Kier alpha value is -2.24. The van der Waals surface area contributed by atoms with Gasteiger partial charge in [-0.2, -0.15) is 0 Å². The van der Waals surface area contributed by atoms with Crippen molar-refractivity contribution >= 4 is 17.5 Å². The summed E-state index contributed by atoms with van der Waals surface area (Å²) in [4.78, 5) is 24.0. The van der Waals surface area contributed by atoms with E-state index in [-0.39, 0.29) is 24.2 Å². The fourth-order valence-electron chi connectivity index (χ4n) is 3.15. The van der Waals surface area contributed by atoms with Crippen LogP contribution in [-0.4, -0.2) is 31.6 Å². The van der Waals surface area contributed by atoms with Crippen molar-refractivity contribution in [1.82, 2.24) is 5.32 Å². The van der Waals surface area contributed by atoms with Crippen LogP contribution in [0.3, 0.4) is 0 Å². The zero-order valence-corrected chi connectivity index (χ0v) is 13.8. The predicted octanol–water partition coefficient (Wildman–Crippen LogP) is 2.48. The molecule has 24 heavy (non-hydrogen) atoms. The molecule has 6 nitrogen and oxygen atoms in total. The van der Waals surface area contributed by atoms with Crippen LogP contribution in [0, 0.1) is 5.92 Å². The van der Waals surface area contributed by atoms with Gasteiger partial charge in [-0.1, -0.05) is 19.3 Å². The van der Waals surface area contributed by atoms with Gasteiger partial charge >= 0.3 is 0 Å². The Kier molecular flexibility index (Phi) is 5.56. The van der Waals surface area contributed by atoms with E-state index in [1.165, 1.54) is 6.42 Å². The highest BCUT2D eigenvalue weighted by molar-refractivity contribution is 5.91. The molecule has 0 aromatic heterocycles. The van der Waals surface area contributed by atoms with Gasteiger partial charge in [0.2, 0.25) is 11.8 Å². The lowest BCUT2D eigenvalue weighted by molar-refractivity contribution is -0.126. The molecule has 0 radical (unpaired) electrons. The average Bonchev–Trinajstić information content (AvgIpc) is 2.62. The van der Waals surface area contributed by atoms with E-state index in [1.54, 1.807) is 18.2 Å². The fourth-order valence-corrected chi connectivity index (χ4v) is 3.15. The molecule has 2 aliphatic rings. The minimum Gasteiger partial charge on any atom is -0.486 e.